The van der Waals surface area contributed by atoms with E-state index in [9.17, 15) is 13.2 Å². The Morgan fingerprint density at radius 2 is 1.86 bits per heavy atom. The van der Waals surface area contributed by atoms with Gasteiger partial charge in [0, 0.05) is 32.3 Å². The highest BCUT2D eigenvalue weighted by Crippen LogP contribution is 2.24. The first-order valence-corrected chi connectivity index (χ1v) is 14.1. The summed E-state index contributed by atoms with van der Waals surface area (Å²) in [5.41, 5.74) is 1.27. The van der Waals surface area contributed by atoms with Gasteiger partial charge in [-0.25, -0.2) is 8.42 Å². The molecule has 8 nitrogen and oxygen atoms in total. The summed E-state index contributed by atoms with van der Waals surface area (Å²) < 4.78 is 41.1. The van der Waals surface area contributed by atoms with Gasteiger partial charge < -0.3 is 14.0 Å². The van der Waals surface area contributed by atoms with E-state index in [1.807, 2.05) is 43.5 Å². The van der Waals surface area contributed by atoms with Crippen molar-refractivity contribution < 1.29 is 22.7 Å². The van der Waals surface area contributed by atoms with Crippen LogP contribution in [0.2, 0.25) is 0 Å². The van der Waals surface area contributed by atoms with E-state index in [1.54, 1.807) is 7.11 Å². The molecule has 0 atom stereocenters. The predicted octanol–water partition coefficient (Wildman–Crippen LogP) is 4.30. The second-order valence-electron chi connectivity index (χ2n) is 7.88. The molecule has 10 heteroatoms. The van der Waals surface area contributed by atoms with Gasteiger partial charge in [-0.05, 0) is 55.8 Å². The quantitative estimate of drug-likeness (QED) is 0.356. The first-order chi connectivity index (χ1) is 16.8. The fourth-order valence-corrected chi connectivity index (χ4v) is 6.22. The number of amides is 1. The molecule has 1 heterocycles. The number of unbranched alkanes of at least 4 members (excludes halogenated alkanes) is 1. The lowest BCUT2D eigenvalue weighted by Crippen LogP contribution is -2.31. The Morgan fingerprint density at radius 1 is 1.11 bits per heavy atom. The maximum atomic E-state index is 13.0. The average Bonchev–Trinajstić information content (AvgIpc) is 3.19. The minimum Gasteiger partial charge on any atom is -0.494 e. The summed E-state index contributed by atoms with van der Waals surface area (Å²) in [6.45, 7) is 8.23. The normalized spacial score (nSPS) is 12.5. The number of benzene rings is 2. The third kappa shape index (κ3) is 6.38. The number of carbonyl (C=O) groups is 1. The molecule has 0 saturated heterocycles. The van der Waals surface area contributed by atoms with Gasteiger partial charge in [-0.3, -0.25) is 4.79 Å². The summed E-state index contributed by atoms with van der Waals surface area (Å²) in [5, 5.41) is 0. The minimum atomic E-state index is -3.60. The molecule has 0 saturated carbocycles. The number of aromatic nitrogens is 1. The van der Waals surface area contributed by atoms with Crippen LogP contribution in [0.25, 0.3) is 10.2 Å². The molecule has 2 aromatic carbocycles. The summed E-state index contributed by atoms with van der Waals surface area (Å²) >= 11 is 1.40. The fourth-order valence-electron chi connectivity index (χ4n) is 3.65. The summed E-state index contributed by atoms with van der Waals surface area (Å²) in [5.74, 6) is 0.324. The Morgan fingerprint density at radius 3 is 2.49 bits per heavy atom. The fraction of sp³-hybridized carbons (Fsp3) is 0.440. The number of carbonyl (C=O) groups excluding carboxylic acids is 1. The molecule has 0 aliphatic heterocycles. The van der Waals surface area contributed by atoms with Gasteiger partial charge >= 0.3 is 0 Å². The van der Waals surface area contributed by atoms with Gasteiger partial charge in [0.1, 0.15) is 5.75 Å². The van der Waals surface area contributed by atoms with Crippen LogP contribution in [0.4, 0.5) is 0 Å². The third-order valence-corrected chi connectivity index (χ3v) is 8.56. The number of rotatable bonds is 12. The van der Waals surface area contributed by atoms with Gasteiger partial charge in [-0.1, -0.05) is 31.6 Å². The molecular formula is C25H33N3O5S2. The van der Waals surface area contributed by atoms with Gasteiger partial charge in [-0.15, -0.1) is 0 Å². The number of fused-ring (bicyclic) bond motifs is 1. The lowest BCUT2D eigenvalue weighted by molar-refractivity contribution is 0.0997. The Hall–Kier alpha value is -2.53. The van der Waals surface area contributed by atoms with E-state index in [0.29, 0.717) is 43.2 Å². The maximum Gasteiger partial charge on any atom is 0.279 e. The third-order valence-electron chi connectivity index (χ3n) is 5.53. The van der Waals surface area contributed by atoms with E-state index in [-0.39, 0.29) is 4.90 Å². The lowest BCUT2D eigenvalue weighted by Gasteiger charge is -2.20. The molecule has 0 bridgehead atoms. The van der Waals surface area contributed by atoms with E-state index in [0.717, 1.165) is 28.8 Å². The van der Waals surface area contributed by atoms with Crippen molar-refractivity contribution in [3.05, 3.63) is 52.8 Å². The van der Waals surface area contributed by atoms with Crippen LogP contribution in [0.15, 0.2) is 52.4 Å². The molecule has 0 radical (unpaired) electrons. The van der Waals surface area contributed by atoms with Crippen LogP contribution < -0.4 is 9.54 Å². The molecule has 3 aromatic rings. The highest BCUT2D eigenvalue weighted by Gasteiger charge is 2.22. The summed E-state index contributed by atoms with van der Waals surface area (Å²) in [6, 6.07) is 11.8. The number of ether oxygens (including phenoxy) is 2. The topological polar surface area (TPSA) is 90.2 Å². The van der Waals surface area contributed by atoms with Crippen LogP contribution in [-0.4, -0.2) is 56.6 Å². The first kappa shape index (κ1) is 27.1. The van der Waals surface area contributed by atoms with Crippen molar-refractivity contribution in [2.24, 2.45) is 4.99 Å². The van der Waals surface area contributed by atoms with E-state index in [2.05, 4.69) is 4.99 Å². The highest BCUT2D eigenvalue weighted by atomic mass is 32.2. The van der Waals surface area contributed by atoms with Gasteiger partial charge in [0.2, 0.25) is 10.0 Å². The lowest BCUT2D eigenvalue weighted by atomic mass is 10.2. The van der Waals surface area contributed by atoms with Crippen LogP contribution in [0.5, 0.6) is 5.75 Å². The van der Waals surface area contributed by atoms with Crippen LogP contribution in [0.3, 0.4) is 0 Å². The van der Waals surface area contributed by atoms with Crippen molar-refractivity contribution in [1.29, 1.82) is 0 Å². The molecule has 35 heavy (non-hydrogen) atoms. The van der Waals surface area contributed by atoms with Crippen molar-refractivity contribution in [3.63, 3.8) is 0 Å². The summed E-state index contributed by atoms with van der Waals surface area (Å²) in [4.78, 5) is 18.1. The molecule has 1 aromatic heterocycles. The Balaban J connectivity index is 1.93. The maximum absolute atomic E-state index is 13.0. The molecule has 0 fully saturated rings. The Labute approximate surface area is 210 Å². The molecule has 190 valence electrons. The first-order valence-electron chi connectivity index (χ1n) is 11.8. The molecule has 0 N–H and O–H groups in total. The number of hydrogen-bond acceptors (Lipinski definition) is 6. The van der Waals surface area contributed by atoms with E-state index < -0.39 is 15.9 Å². The second kappa shape index (κ2) is 12.4. The molecule has 0 aliphatic carbocycles. The number of thiazole rings is 1. The Bertz CT molecular complexity index is 1310. The van der Waals surface area contributed by atoms with Crippen LogP contribution in [0.1, 0.15) is 44.0 Å². The molecule has 3 rings (SSSR count). The molecular weight excluding hydrogens is 486 g/mol. The average molecular weight is 520 g/mol. The van der Waals surface area contributed by atoms with Crippen molar-refractivity contribution in [3.8, 4) is 5.75 Å². The molecule has 0 aliphatic rings. The zero-order valence-electron chi connectivity index (χ0n) is 20.7. The number of sulfonamides is 1. The van der Waals surface area contributed by atoms with Gasteiger partial charge in [-0.2, -0.15) is 9.30 Å². The minimum absolute atomic E-state index is 0.174. The standard InChI is InChI=1S/C25H33N3O5S2/c1-5-8-15-27(6-2)35(30,31)21-12-9-19(10-13-21)24(29)26-25-28(16-17-32-4)22-14-11-20(33-7-3)18-23(22)34-25/h9-14,18H,5-8,15-17H2,1-4H3. The SMILES string of the molecule is CCCCN(CC)S(=O)(=O)c1ccc(C(=O)N=c2sc3cc(OCC)ccc3n2CCOC)cc1. The van der Waals surface area contributed by atoms with Crippen molar-refractivity contribution in [1.82, 2.24) is 8.87 Å². The summed E-state index contributed by atoms with van der Waals surface area (Å²) in [7, 11) is -1.98. The van der Waals surface area contributed by atoms with E-state index in [4.69, 9.17) is 9.47 Å². The molecule has 0 unspecified atom stereocenters. The molecule has 1 amide bonds. The Kier molecular flexibility index (Phi) is 9.62. The number of hydrogen-bond donors (Lipinski definition) is 0. The van der Waals surface area contributed by atoms with Crippen LogP contribution >= 0.6 is 11.3 Å². The van der Waals surface area contributed by atoms with Crippen LogP contribution in [-0.2, 0) is 21.3 Å². The second-order valence-corrected chi connectivity index (χ2v) is 10.8. The zero-order valence-corrected chi connectivity index (χ0v) is 22.3. The van der Waals surface area contributed by atoms with E-state index >= 15 is 0 Å². The molecule has 0 spiro atoms. The predicted molar refractivity (Wildman–Crippen MR) is 139 cm³/mol. The highest BCUT2D eigenvalue weighted by molar-refractivity contribution is 7.89. The summed E-state index contributed by atoms with van der Waals surface area (Å²) in [6.07, 6.45) is 1.71. The van der Waals surface area contributed by atoms with Gasteiger partial charge in [0.15, 0.2) is 4.80 Å². The smallest absolute Gasteiger partial charge is 0.279 e. The number of methoxy groups -OCH3 is 1. The van der Waals surface area contributed by atoms with Gasteiger partial charge in [0.25, 0.3) is 5.91 Å². The van der Waals surface area contributed by atoms with Crippen LogP contribution in [0, 0.1) is 0 Å². The number of nitrogens with zero attached hydrogens (tertiary/aromatic N) is 3. The largest absolute Gasteiger partial charge is 0.494 e. The van der Waals surface area contributed by atoms with Gasteiger partial charge in [0.05, 0.1) is 28.3 Å². The van der Waals surface area contributed by atoms with Crippen molar-refractivity contribution in [2.75, 3.05) is 33.4 Å². The van der Waals surface area contributed by atoms with E-state index in [1.165, 1.54) is 39.9 Å². The zero-order chi connectivity index (χ0) is 25.4. The monoisotopic (exact) mass is 519 g/mol. The van der Waals surface area contributed by atoms with Crippen molar-refractivity contribution >= 4 is 37.5 Å². The van der Waals surface area contributed by atoms with Crippen molar-refractivity contribution in [2.45, 2.75) is 45.1 Å².